The molecule has 0 aliphatic rings. The van der Waals surface area contributed by atoms with Crippen molar-refractivity contribution in [1.29, 1.82) is 0 Å². The predicted molar refractivity (Wildman–Crippen MR) is 91.0 cm³/mol. The topological polar surface area (TPSA) is 70.4 Å². The van der Waals surface area contributed by atoms with E-state index in [1.54, 1.807) is 0 Å². The van der Waals surface area contributed by atoms with E-state index < -0.39 is 5.56 Å². The highest BCUT2D eigenvalue weighted by molar-refractivity contribution is 7.71. The molecule has 0 unspecified atom stereocenters. The summed E-state index contributed by atoms with van der Waals surface area (Å²) >= 11 is 5.19. The Bertz CT molecular complexity index is 806. The van der Waals surface area contributed by atoms with E-state index in [-0.39, 0.29) is 16.2 Å². The molecule has 1 heterocycles. The van der Waals surface area contributed by atoms with E-state index in [1.165, 1.54) is 10.8 Å². The van der Waals surface area contributed by atoms with E-state index >= 15 is 0 Å². The summed E-state index contributed by atoms with van der Waals surface area (Å²) in [5.41, 5.74) is 1.35. The zero-order valence-corrected chi connectivity index (χ0v) is 13.5. The fourth-order valence-corrected chi connectivity index (χ4v) is 2.38. The SMILES string of the molecule is CCCCN=Cc1c(O)n(-c2ccccc2C)c(=S)[nH]c1=O. The normalized spacial score (nSPS) is 11.2. The van der Waals surface area contributed by atoms with Crippen molar-refractivity contribution in [3.8, 4) is 11.6 Å². The Labute approximate surface area is 134 Å². The predicted octanol–water partition coefficient (Wildman–Crippen LogP) is 3.13. The van der Waals surface area contributed by atoms with E-state index in [2.05, 4.69) is 16.9 Å². The standard InChI is InChI=1S/C16H19N3O2S/c1-3-4-9-17-10-12-14(20)18-16(22)19(15(12)21)13-8-6-5-7-11(13)2/h5-8,10,21H,3-4,9H2,1-2H3,(H,18,20,22). The van der Waals surface area contributed by atoms with Gasteiger partial charge in [-0.1, -0.05) is 31.5 Å². The smallest absolute Gasteiger partial charge is 0.264 e. The number of para-hydroxylation sites is 1. The van der Waals surface area contributed by atoms with Gasteiger partial charge in [-0.05, 0) is 37.2 Å². The number of aliphatic imine (C=N–C) groups is 1. The van der Waals surface area contributed by atoms with Crippen LogP contribution in [0.5, 0.6) is 5.88 Å². The van der Waals surface area contributed by atoms with Crippen LogP contribution in [0.25, 0.3) is 5.69 Å². The number of hydrogen-bond acceptors (Lipinski definition) is 4. The molecule has 0 bridgehead atoms. The van der Waals surface area contributed by atoms with Crippen LogP contribution < -0.4 is 5.56 Å². The van der Waals surface area contributed by atoms with Crippen LogP contribution in [0.1, 0.15) is 30.9 Å². The molecule has 0 saturated heterocycles. The molecule has 2 N–H and O–H groups in total. The van der Waals surface area contributed by atoms with Gasteiger partial charge in [0.2, 0.25) is 5.88 Å². The molecule has 0 amide bonds. The average molecular weight is 317 g/mol. The largest absolute Gasteiger partial charge is 0.494 e. The molecule has 0 spiro atoms. The number of benzene rings is 1. The first-order valence-corrected chi connectivity index (χ1v) is 7.61. The Hall–Kier alpha value is -2.21. The summed E-state index contributed by atoms with van der Waals surface area (Å²) in [7, 11) is 0. The number of rotatable bonds is 5. The summed E-state index contributed by atoms with van der Waals surface area (Å²) < 4.78 is 1.61. The number of aromatic nitrogens is 2. The molecule has 0 radical (unpaired) electrons. The summed E-state index contributed by atoms with van der Waals surface area (Å²) in [4.78, 5) is 18.8. The molecule has 5 nitrogen and oxygen atoms in total. The van der Waals surface area contributed by atoms with Gasteiger partial charge in [-0.15, -0.1) is 0 Å². The molecule has 0 aliphatic heterocycles. The third-order valence-electron chi connectivity index (χ3n) is 3.34. The first-order chi connectivity index (χ1) is 10.6. The first-order valence-electron chi connectivity index (χ1n) is 7.20. The molecule has 0 aliphatic carbocycles. The summed E-state index contributed by atoms with van der Waals surface area (Å²) in [5, 5.41) is 10.5. The lowest BCUT2D eigenvalue weighted by Gasteiger charge is -2.13. The lowest BCUT2D eigenvalue weighted by Crippen LogP contribution is -2.18. The molecule has 1 aromatic heterocycles. The van der Waals surface area contributed by atoms with Crippen LogP contribution in [0, 0.1) is 11.7 Å². The summed E-state index contributed by atoms with van der Waals surface area (Å²) in [6.07, 6.45) is 3.37. The summed E-state index contributed by atoms with van der Waals surface area (Å²) in [5.74, 6) is -0.191. The summed E-state index contributed by atoms with van der Waals surface area (Å²) in [6, 6.07) is 7.50. The van der Waals surface area contributed by atoms with Crippen LogP contribution in [0.3, 0.4) is 0 Å². The molecule has 2 aromatic rings. The molecule has 0 fully saturated rings. The maximum absolute atomic E-state index is 12.0. The van der Waals surface area contributed by atoms with Gasteiger partial charge in [-0.2, -0.15) is 0 Å². The molecule has 6 heteroatoms. The van der Waals surface area contributed by atoms with Crippen LogP contribution >= 0.6 is 12.2 Å². The second-order valence-corrected chi connectivity index (χ2v) is 5.39. The first kappa shape index (κ1) is 16.2. The van der Waals surface area contributed by atoms with Crippen molar-refractivity contribution in [2.45, 2.75) is 26.7 Å². The maximum Gasteiger partial charge on any atom is 0.264 e. The van der Waals surface area contributed by atoms with Crippen molar-refractivity contribution < 1.29 is 5.11 Å². The minimum Gasteiger partial charge on any atom is -0.494 e. The molecule has 0 atom stereocenters. The molecule has 2 rings (SSSR count). The highest BCUT2D eigenvalue weighted by Gasteiger charge is 2.13. The lowest BCUT2D eigenvalue weighted by molar-refractivity contribution is 0.432. The van der Waals surface area contributed by atoms with E-state index in [0.29, 0.717) is 6.54 Å². The number of aryl methyl sites for hydroxylation is 1. The molecule has 0 saturated carbocycles. The number of hydrogen-bond donors (Lipinski definition) is 2. The molecular weight excluding hydrogens is 298 g/mol. The van der Waals surface area contributed by atoms with Gasteiger partial charge < -0.3 is 5.11 Å². The molecule has 22 heavy (non-hydrogen) atoms. The van der Waals surface area contributed by atoms with Crippen molar-refractivity contribution in [3.05, 3.63) is 50.5 Å². The Morgan fingerprint density at radius 1 is 1.41 bits per heavy atom. The van der Waals surface area contributed by atoms with Crippen LogP contribution in [0.2, 0.25) is 0 Å². The number of aromatic hydroxyl groups is 1. The quantitative estimate of drug-likeness (QED) is 0.505. The van der Waals surface area contributed by atoms with Gasteiger partial charge in [-0.25, -0.2) is 0 Å². The van der Waals surface area contributed by atoms with Crippen LogP contribution in [0.4, 0.5) is 0 Å². The van der Waals surface area contributed by atoms with Crippen LogP contribution in [0.15, 0.2) is 34.1 Å². The zero-order valence-electron chi connectivity index (χ0n) is 12.7. The van der Waals surface area contributed by atoms with Gasteiger partial charge in [0.1, 0.15) is 5.56 Å². The van der Waals surface area contributed by atoms with Gasteiger partial charge in [0.15, 0.2) is 4.77 Å². The van der Waals surface area contributed by atoms with Crippen LogP contribution in [-0.4, -0.2) is 27.4 Å². The molecule has 116 valence electrons. The monoisotopic (exact) mass is 317 g/mol. The van der Waals surface area contributed by atoms with Gasteiger partial charge in [-0.3, -0.25) is 19.3 Å². The lowest BCUT2D eigenvalue weighted by atomic mass is 10.2. The number of unbranched alkanes of at least 4 members (excludes halogenated alkanes) is 1. The highest BCUT2D eigenvalue weighted by atomic mass is 32.1. The molecule has 1 aromatic carbocycles. The highest BCUT2D eigenvalue weighted by Crippen LogP contribution is 2.21. The third-order valence-corrected chi connectivity index (χ3v) is 3.62. The summed E-state index contributed by atoms with van der Waals surface area (Å²) in [6.45, 7) is 4.60. The minimum absolute atomic E-state index is 0.118. The van der Waals surface area contributed by atoms with Crippen molar-refractivity contribution in [1.82, 2.24) is 9.55 Å². The van der Waals surface area contributed by atoms with Crippen molar-refractivity contribution in [2.75, 3.05) is 6.54 Å². The van der Waals surface area contributed by atoms with E-state index in [0.717, 1.165) is 24.1 Å². The van der Waals surface area contributed by atoms with Gasteiger partial charge in [0.25, 0.3) is 5.56 Å². The number of nitrogens with one attached hydrogen (secondary N) is 1. The second-order valence-electron chi connectivity index (χ2n) is 5.01. The Balaban J connectivity index is 2.57. The van der Waals surface area contributed by atoms with Gasteiger partial charge in [0, 0.05) is 12.8 Å². The van der Waals surface area contributed by atoms with Gasteiger partial charge >= 0.3 is 0 Å². The van der Waals surface area contributed by atoms with E-state index in [1.807, 2.05) is 31.2 Å². The third kappa shape index (κ3) is 3.33. The minimum atomic E-state index is -0.437. The Morgan fingerprint density at radius 2 is 2.14 bits per heavy atom. The maximum atomic E-state index is 12.0. The number of H-pyrrole nitrogens is 1. The van der Waals surface area contributed by atoms with Crippen LogP contribution in [-0.2, 0) is 0 Å². The zero-order chi connectivity index (χ0) is 16.1. The molecular formula is C16H19N3O2S. The van der Waals surface area contributed by atoms with E-state index in [9.17, 15) is 9.90 Å². The second kappa shape index (κ2) is 7.17. The van der Waals surface area contributed by atoms with Crippen molar-refractivity contribution in [2.24, 2.45) is 4.99 Å². The number of aromatic amines is 1. The Kier molecular flexibility index (Phi) is 5.27. The fourth-order valence-electron chi connectivity index (χ4n) is 2.10. The van der Waals surface area contributed by atoms with Crippen molar-refractivity contribution >= 4 is 18.4 Å². The Morgan fingerprint density at radius 3 is 2.82 bits per heavy atom. The van der Waals surface area contributed by atoms with Crippen molar-refractivity contribution in [3.63, 3.8) is 0 Å². The van der Waals surface area contributed by atoms with Gasteiger partial charge in [0.05, 0.1) is 5.69 Å². The van der Waals surface area contributed by atoms with E-state index in [4.69, 9.17) is 12.2 Å². The average Bonchev–Trinajstić information content (AvgIpc) is 2.48. The fraction of sp³-hybridized carbons (Fsp3) is 0.312. The number of nitrogens with zero attached hydrogens (tertiary/aromatic N) is 2.